The molecule has 0 saturated heterocycles. The van der Waals surface area contributed by atoms with E-state index in [1.54, 1.807) is 0 Å². The van der Waals surface area contributed by atoms with Crippen LogP contribution in [0.5, 0.6) is 11.5 Å². The van der Waals surface area contributed by atoms with Crippen molar-refractivity contribution in [3.63, 3.8) is 0 Å². The molecule has 0 aliphatic carbocycles. The van der Waals surface area contributed by atoms with E-state index in [0.29, 0.717) is 18.1 Å². The molecular weight excluding hydrogens is 531 g/mol. The molecule has 2 aromatic rings. The average molecular weight is 554 g/mol. The summed E-state index contributed by atoms with van der Waals surface area (Å²) in [5.41, 5.74) is 0. The molecule has 0 spiro atoms. The van der Waals surface area contributed by atoms with Gasteiger partial charge in [0.25, 0.3) is 0 Å². The van der Waals surface area contributed by atoms with Crippen molar-refractivity contribution in [2.45, 2.75) is 36.2 Å². The molecule has 0 fully saturated rings. The fourth-order valence-corrected chi connectivity index (χ4v) is 4.81. The molecule has 8 nitrogen and oxygen atoms in total. The highest BCUT2D eigenvalue weighted by molar-refractivity contribution is 7.91. The van der Waals surface area contributed by atoms with Crippen LogP contribution in [0.15, 0.2) is 46.2 Å². The lowest BCUT2D eigenvalue weighted by Crippen LogP contribution is -2.29. The molecule has 0 N–H and O–H groups in total. The second kappa shape index (κ2) is 13.0. The molecular formula is C22H23Cl3O8S. The largest absolute Gasteiger partial charge is 0.490 e. The summed E-state index contributed by atoms with van der Waals surface area (Å²) >= 11 is 18.0. The lowest BCUT2D eigenvalue weighted by atomic mass is 10.3. The van der Waals surface area contributed by atoms with Crippen molar-refractivity contribution in [1.29, 1.82) is 0 Å². The van der Waals surface area contributed by atoms with Crippen LogP contribution in [0.3, 0.4) is 0 Å². The monoisotopic (exact) mass is 552 g/mol. The van der Waals surface area contributed by atoms with Crippen molar-refractivity contribution in [3.05, 3.63) is 46.4 Å². The van der Waals surface area contributed by atoms with Crippen LogP contribution in [0, 0.1) is 0 Å². The van der Waals surface area contributed by atoms with E-state index in [2.05, 4.69) is 0 Å². The van der Waals surface area contributed by atoms with Gasteiger partial charge in [-0.25, -0.2) is 8.42 Å². The Morgan fingerprint density at radius 2 is 1.53 bits per heavy atom. The van der Waals surface area contributed by atoms with E-state index in [1.807, 2.05) is 0 Å². The first kappa shape index (κ1) is 28.0. The van der Waals surface area contributed by atoms with Crippen LogP contribution >= 0.6 is 34.8 Å². The van der Waals surface area contributed by atoms with Crippen LogP contribution in [0.2, 0.25) is 10.0 Å². The third-order valence-electron chi connectivity index (χ3n) is 4.18. The second-order valence-electron chi connectivity index (χ2n) is 6.93. The van der Waals surface area contributed by atoms with Gasteiger partial charge >= 0.3 is 11.9 Å². The quantitative estimate of drug-likeness (QED) is 0.211. The molecule has 0 aromatic heterocycles. The van der Waals surface area contributed by atoms with E-state index in [-0.39, 0.29) is 45.4 Å². The van der Waals surface area contributed by atoms with Gasteiger partial charge in [0.05, 0.1) is 26.4 Å². The third kappa shape index (κ3) is 8.23. The molecule has 12 heteroatoms. The zero-order valence-corrected chi connectivity index (χ0v) is 21.5. The Balaban J connectivity index is 2.13. The molecule has 186 valence electrons. The maximum atomic E-state index is 13.0. The maximum Gasteiger partial charge on any atom is 0.303 e. The van der Waals surface area contributed by atoms with Crippen LogP contribution in [0.4, 0.5) is 0 Å². The Hall–Kier alpha value is -2.20. The number of halogens is 3. The summed E-state index contributed by atoms with van der Waals surface area (Å²) in [7, 11) is -3.94. The SMILES string of the molecule is CC(=O)OC[C@H](COc1ccc(S(=O)(=O)c2cc(Cl)c(OCCCCl)c(Cl)c2)cc1)OC(C)=O. The van der Waals surface area contributed by atoms with E-state index in [0.717, 1.165) is 0 Å². The van der Waals surface area contributed by atoms with Gasteiger partial charge in [-0.05, 0) is 42.8 Å². The van der Waals surface area contributed by atoms with Gasteiger partial charge in [-0.15, -0.1) is 11.6 Å². The maximum absolute atomic E-state index is 13.0. The zero-order chi connectivity index (χ0) is 25.3. The number of alkyl halides is 1. The van der Waals surface area contributed by atoms with E-state index in [1.165, 1.54) is 50.2 Å². The molecule has 34 heavy (non-hydrogen) atoms. The van der Waals surface area contributed by atoms with Crippen LogP contribution in [0.25, 0.3) is 0 Å². The Morgan fingerprint density at radius 3 is 2.06 bits per heavy atom. The number of sulfone groups is 1. The summed E-state index contributed by atoms with van der Waals surface area (Å²) in [6.45, 7) is 2.46. The van der Waals surface area contributed by atoms with Crippen molar-refractivity contribution in [1.82, 2.24) is 0 Å². The summed E-state index contributed by atoms with van der Waals surface area (Å²) < 4.78 is 47.0. The molecule has 0 unspecified atom stereocenters. The molecule has 0 amide bonds. The van der Waals surface area contributed by atoms with Crippen molar-refractivity contribution in [3.8, 4) is 11.5 Å². The summed E-state index contributed by atoms with van der Waals surface area (Å²) in [6.07, 6.45) is -0.243. The van der Waals surface area contributed by atoms with Crippen molar-refractivity contribution < 1.29 is 37.0 Å². The van der Waals surface area contributed by atoms with E-state index in [4.69, 9.17) is 53.8 Å². The van der Waals surface area contributed by atoms with Crippen LogP contribution in [-0.4, -0.2) is 52.2 Å². The highest BCUT2D eigenvalue weighted by Crippen LogP contribution is 2.37. The minimum absolute atomic E-state index is 0.0146. The molecule has 2 aromatic carbocycles. The van der Waals surface area contributed by atoms with Crippen LogP contribution in [-0.2, 0) is 28.9 Å². The molecule has 0 heterocycles. The zero-order valence-electron chi connectivity index (χ0n) is 18.4. The number of rotatable bonds is 12. The van der Waals surface area contributed by atoms with Gasteiger partial charge in [-0.3, -0.25) is 9.59 Å². The standard InChI is InChI=1S/C22H23Cl3O8S/c1-14(26)31-12-17(33-15(2)27)13-32-16-4-6-18(7-5-16)34(28,29)19-10-20(24)22(21(25)11-19)30-9-3-8-23/h4-7,10-11,17H,3,8-9,12-13H2,1-2H3/t17-/m1/s1. The topological polar surface area (TPSA) is 105 Å². The highest BCUT2D eigenvalue weighted by Gasteiger charge is 2.22. The number of esters is 2. The lowest BCUT2D eigenvalue weighted by Gasteiger charge is -2.17. The number of ether oxygens (including phenoxy) is 4. The Morgan fingerprint density at radius 1 is 0.912 bits per heavy atom. The average Bonchev–Trinajstić information content (AvgIpc) is 2.77. The normalized spacial score (nSPS) is 12.0. The Kier molecular flexibility index (Phi) is 10.8. The van der Waals surface area contributed by atoms with E-state index >= 15 is 0 Å². The van der Waals surface area contributed by atoms with Crippen molar-refractivity contribution in [2.75, 3.05) is 25.7 Å². The molecule has 0 bridgehead atoms. The summed E-state index contributed by atoms with van der Waals surface area (Å²) in [5, 5.41) is 0.120. The minimum Gasteiger partial charge on any atom is -0.490 e. The summed E-state index contributed by atoms with van der Waals surface area (Å²) in [5.74, 6) is -0.181. The van der Waals surface area contributed by atoms with Gasteiger partial charge in [0.2, 0.25) is 9.84 Å². The number of hydrogen-bond acceptors (Lipinski definition) is 8. The molecule has 0 aliphatic rings. The smallest absolute Gasteiger partial charge is 0.303 e. The predicted molar refractivity (Wildman–Crippen MR) is 127 cm³/mol. The van der Waals surface area contributed by atoms with Gasteiger partial charge in [0, 0.05) is 19.7 Å². The first-order valence-corrected chi connectivity index (χ1v) is 12.8. The molecule has 0 saturated carbocycles. The van der Waals surface area contributed by atoms with Gasteiger partial charge in [0.15, 0.2) is 11.9 Å². The second-order valence-corrected chi connectivity index (χ2v) is 10.1. The molecule has 2 rings (SSSR count). The first-order chi connectivity index (χ1) is 16.0. The lowest BCUT2D eigenvalue weighted by molar-refractivity contribution is -0.158. The van der Waals surface area contributed by atoms with E-state index < -0.39 is 27.9 Å². The Bertz CT molecular complexity index is 1080. The van der Waals surface area contributed by atoms with Gasteiger partial charge in [-0.2, -0.15) is 0 Å². The summed E-state index contributed by atoms with van der Waals surface area (Å²) in [6, 6.07) is 8.12. The van der Waals surface area contributed by atoms with E-state index in [9.17, 15) is 18.0 Å². The number of benzene rings is 2. The fourth-order valence-electron chi connectivity index (χ4n) is 2.66. The fraction of sp³-hybridized carbons (Fsp3) is 0.364. The number of carbonyl (C=O) groups is 2. The molecule has 0 aliphatic heterocycles. The number of carbonyl (C=O) groups excluding carboxylic acids is 2. The van der Waals surface area contributed by atoms with Crippen LogP contribution < -0.4 is 9.47 Å². The van der Waals surface area contributed by atoms with Crippen LogP contribution in [0.1, 0.15) is 20.3 Å². The third-order valence-corrected chi connectivity index (χ3v) is 6.76. The van der Waals surface area contributed by atoms with Gasteiger partial charge in [-0.1, -0.05) is 23.2 Å². The minimum atomic E-state index is -3.94. The first-order valence-electron chi connectivity index (χ1n) is 10.0. The summed E-state index contributed by atoms with van der Waals surface area (Å²) in [4.78, 5) is 22.1. The van der Waals surface area contributed by atoms with Gasteiger partial charge < -0.3 is 18.9 Å². The van der Waals surface area contributed by atoms with Crippen molar-refractivity contribution >= 4 is 56.6 Å². The predicted octanol–water partition coefficient (Wildman–Crippen LogP) is 4.71. The van der Waals surface area contributed by atoms with Gasteiger partial charge in [0.1, 0.15) is 19.0 Å². The van der Waals surface area contributed by atoms with Crippen molar-refractivity contribution in [2.24, 2.45) is 0 Å². The Labute approximate surface area is 212 Å². The molecule has 0 radical (unpaired) electrons. The number of hydrogen-bond donors (Lipinski definition) is 0. The highest BCUT2D eigenvalue weighted by atomic mass is 35.5. The molecule has 1 atom stereocenters.